The fourth-order valence-electron chi connectivity index (χ4n) is 5.62. The van der Waals surface area contributed by atoms with Crippen LogP contribution in [0.2, 0.25) is 0 Å². The molecule has 0 aromatic carbocycles. The maximum atomic E-state index is 13.4. The van der Waals surface area contributed by atoms with E-state index in [-0.39, 0.29) is 11.9 Å². The van der Waals surface area contributed by atoms with E-state index in [9.17, 15) is 14.9 Å². The lowest BCUT2D eigenvalue weighted by Crippen LogP contribution is -2.48. The lowest BCUT2D eigenvalue weighted by Gasteiger charge is -2.33. The number of likely N-dealkylation sites (N-methyl/N-ethyl adjacent to an activating group) is 1. The quantitative estimate of drug-likeness (QED) is 0.541. The van der Waals surface area contributed by atoms with Crippen LogP contribution in [0.25, 0.3) is 0 Å². The van der Waals surface area contributed by atoms with E-state index in [1.807, 2.05) is 40.7 Å². The molecule has 2 aromatic heterocycles. The van der Waals surface area contributed by atoms with Gasteiger partial charge in [-0.1, -0.05) is 6.42 Å². The molecule has 5 heterocycles. The van der Waals surface area contributed by atoms with Gasteiger partial charge in [-0.25, -0.2) is 9.78 Å². The summed E-state index contributed by atoms with van der Waals surface area (Å²) in [4.78, 5) is 40.5. The molecule has 1 N–H and O–H groups in total. The van der Waals surface area contributed by atoms with Crippen LogP contribution in [0.4, 0.5) is 16.4 Å². The summed E-state index contributed by atoms with van der Waals surface area (Å²) in [5.74, 6) is 2.71. The summed E-state index contributed by atoms with van der Waals surface area (Å²) in [6, 6.07) is 5.79. The Labute approximate surface area is 240 Å². The molecule has 0 spiro atoms. The summed E-state index contributed by atoms with van der Waals surface area (Å²) in [7, 11) is 3.51. The number of hydrogen-bond acceptors (Lipinski definition) is 8. The Morgan fingerprint density at radius 2 is 2.10 bits per heavy atom. The van der Waals surface area contributed by atoms with Gasteiger partial charge in [0.1, 0.15) is 17.7 Å². The van der Waals surface area contributed by atoms with Gasteiger partial charge in [0.05, 0.1) is 25.8 Å². The number of nitriles is 1. The van der Waals surface area contributed by atoms with Gasteiger partial charge in [-0.3, -0.25) is 19.9 Å². The van der Waals surface area contributed by atoms with Crippen LogP contribution in [0.1, 0.15) is 54.4 Å². The summed E-state index contributed by atoms with van der Waals surface area (Å²) in [5, 5.41) is 13.2. The van der Waals surface area contributed by atoms with Crippen molar-refractivity contribution < 1.29 is 14.3 Å². The predicted octanol–water partition coefficient (Wildman–Crippen LogP) is 3.83. The molecule has 3 aliphatic heterocycles. The van der Waals surface area contributed by atoms with Crippen molar-refractivity contribution in [2.75, 3.05) is 56.3 Å². The maximum Gasteiger partial charge on any atom is 0.328 e. The minimum Gasteiger partial charge on any atom is -0.481 e. The fourth-order valence-corrected chi connectivity index (χ4v) is 6.94. The Kier molecular flexibility index (Phi) is 9.07. The van der Waals surface area contributed by atoms with E-state index in [0.717, 1.165) is 48.9 Å². The van der Waals surface area contributed by atoms with Crippen LogP contribution in [0.5, 0.6) is 5.88 Å². The Morgan fingerprint density at radius 3 is 2.85 bits per heavy atom. The molecule has 0 aliphatic carbocycles. The number of pyridine rings is 2. The SMILES string of the molecule is COc1nc2c(cc1CN1CCN(C)CC1=O)CCCN2C(=O)Nc1cc(CCC2CCCCS2)c(C#N)cn1. The molecule has 2 saturated heterocycles. The van der Waals surface area contributed by atoms with Crippen molar-refractivity contribution in [3.8, 4) is 11.9 Å². The highest BCUT2D eigenvalue weighted by molar-refractivity contribution is 7.99. The van der Waals surface area contributed by atoms with E-state index >= 15 is 0 Å². The molecule has 11 heteroatoms. The average Bonchev–Trinajstić information content (AvgIpc) is 2.97. The first-order valence-electron chi connectivity index (χ1n) is 14.1. The molecular formula is C29H37N7O3S. The van der Waals surface area contributed by atoms with Gasteiger partial charge in [0.15, 0.2) is 0 Å². The van der Waals surface area contributed by atoms with Gasteiger partial charge in [-0.2, -0.15) is 22.0 Å². The van der Waals surface area contributed by atoms with Crippen molar-refractivity contribution in [3.05, 3.63) is 40.6 Å². The molecule has 2 fully saturated rings. The first-order chi connectivity index (χ1) is 19.4. The minimum atomic E-state index is -0.316. The second kappa shape index (κ2) is 12.9. The molecule has 1 unspecified atom stereocenters. The van der Waals surface area contributed by atoms with Gasteiger partial charge in [0.2, 0.25) is 11.8 Å². The number of ether oxygens (including phenoxy) is 1. The van der Waals surface area contributed by atoms with E-state index in [1.54, 1.807) is 18.2 Å². The van der Waals surface area contributed by atoms with E-state index in [2.05, 4.69) is 16.4 Å². The molecule has 2 aromatic rings. The third-order valence-electron chi connectivity index (χ3n) is 7.87. The lowest BCUT2D eigenvalue weighted by atomic mass is 10.0. The first kappa shape index (κ1) is 28.2. The summed E-state index contributed by atoms with van der Waals surface area (Å²) in [5.41, 5.74) is 3.27. The average molecular weight is 564 g/mol. The van der Waals surface area contributed by atoms with Crippen LogP contribution in [0.3, 0.4) is 0 Å². The molecular weight excluding hydrogens is 526 g/mol. The van der Waals surface area contributed by atoms with Gasteiger partial charge < -0.3 is 9.64 Å². The number of aryl methyl sites for hydroxylation is 2. The van der Waals surface area contributed by atoms with Crippen molar-refractivity contribution in [2.24, 2.45) is 0 Å². The van der Waals surface area contributed by atoms with Crippen LogP contribution < -0.4 is 15.0 Å². The molecule has 0 saturated carbocycles. The molecule has 0 radical (unpaired) electrons. The maximum absolute atomic E-state index is 13.4. The van der Waals surface area contributed by atoms with Gasteiger partial charge in [-0.15, -0.1) is 0 Å². The molecule has 40 heavy (non-hydrogen) atoms. The molecule has 3 aliphatic rings. The summed E-state index contributed by atoms with van der Waals surface area (Å²) < 4.78 is 5.61. The summed E-state index contributed by atoms with van der Waals surface area (Å²) in [6.07, 6.45) is 8.72. The Morgan fingerprint density at radius 1 is 1.23 bits per heavy atom. The number of hydrogen-bond donors (Lipinski definition) is 1. The van der Waals surface area contributed by atoms with Crippen molar-refractivity contribution >= 4 is 35.3 Å². The van der Waals surface area contributed by atoms with Crippen molar-refractivity contribution in [1.82, 2.24) is 19.8 Å². The van der Waals surface area contributed by atoms with E-state index < -0.39 is 0 Å². The number of fused-ring (bicyclic) bond motifs is 1. The van der Waals surface area contributed by atoms with Crippen molar-refractivity contribution in [2.45, 2.75) is 56.7 Å². The third-order valence-corrected chi connectivity index (χ3v) is 9.33. The number of urea groups is 1. The Bertz CT molecular complexity index is 1290. The summed E-state index contributed by atoms with van der Waals surface area (Å²) in [6.45, 7) is 2.83. The van der Waals surface area contributed by atoms with Crippen LogP contribution in [0.15, 0.2) is 18.3 Å². The summed E-state index contributed by atoms with van der Waals surface area (Å²) >= 11 is 2.02. The number of nitrogens with zero attached hydrogens (tertiary/aromatic N) is 6. The Hall–Kier alpha value is -3.36. The highest BCUT2D eigenvalue weighted by Crippen LogP contribution is 2.32. The number of anilines is 2. The van der Waals surface area contributed by atoms with Crippen molar-refractivity contribution in [3.63, 3.8) is 0 Å². The minimum absolute atomic E-state index is 0.0845. The van der Waals surface area contributed by atoms with Crippen LogP contribution in [0, 0.1) is 11.3 Å². The van der Waals surface area contributed by atoms with E-state index in [1.165, 1.54) is 25.0 Å². The van der Waals surface area contributed by atoms with Gasteiger partial charge in [0, 0.05) is 36.6 Å². The van der Waals surface area contributed by atoms with Gasteiger partial charge >= 0.3 is 6.03 Å². The number of nitrogens with one attached hydrogen (secondary N) is 1. The predicted molar refractivity (Wildman–Crippen MR) is 156 cm³/mol. The van der Waals surface area contributed by atoms with Gasteiger partial charge in [0.25, 0.3) is 0 Å². The van der Waals surface area contributed by atoms with Crippen LogP contribution in [-0.2, 0) is 24.2 Å². The van der Waals surface area contributed by atoms with E-state index in [4.69, 9.17) is 9.72 Å². The molecule has 3 amide bonds. The second-order valence-corrected chi connectivity index (χ2v) is 12.2. The van der Waals surface area contributed by atoms with Gasteiger partial charge in [-0.05, 0) is 74.6 Å². The standard InChI is InChI=1S/C29H37N7O3S/c1-34-11-12-35(26(37)19-34)18-22-14-21-6-5-10-36(27(21)33-28(22)39-2)29(38)32-25-15-20(23(16-30)17-31-25)8-9-24-7-3-4-13-40-24/h14-15,17,24H,3-13,18-19H2,1-2H3,(H,31,32,38). The number of carbonyl (C=O) groups excluding carboxylic acids is 2. The molecule has 10 nitrogen and oxygen atoms in total. The molecule has 212 valence electrons. The van der Waals surface area contributed by atoms with Crippen LogP contribution >= 0.6 is 11.8 Å². The number of piperazine rings is 1. The highest BCUT2D eigenvalue weighted by Gasteiger charge is 2.29. The number of amides is 3. The number of carbonyl (C=O) groups is 2. The Balaban J connectivity index is 1.30. The normalized spacial score (nSPS) is 19.6. The third kappa shape index (κ3) is 6.50. The smallest absolute Gasteiger partial charge is 0.328 e. The number of methoxy groups -OCH3 is 1. The first-order valence-corrected chi connectivity index (χ1v) is 15.1. The van der Waals surface area contributed by atoms with Crippen LogP contribution in [-0.4, -0.2) is 83.0 Å². The van der Waals surface area contributed by atoms with Crippen molar-refractivity contribution in [1.29, 1.82) is 5.26 Å². The zero-order chi connectivity index (χ0) is 28.1. The largest absolute Gasteiger partial charge is 0.481 e. The zero-order valence-electron chi connectivity index (χ0n) is 23.3. The molecule has 5 rings (SSSR count). The monoisotopic (exact) mass is 563 g/mol. The molecule has 0 bridgehead atoms. The number of aromatic nitrogens is 2. The second-order valence-electron chi connectivity index (χ2n) is 10.7. The lowest BCUT2D eigenvalue weighted by molar-refractivity contribution is -0.136. The topological polar surface area (TPSA) is 115 Å². The fraction of sp³-hybridized carbons (Fsp3) is 0.552. The van der Waals surface area contributed by atoms with E-state index in [0.29, 0.717) is 54.5 Å². The molecule has 1 atom stereocenters. The number of rotatable bonds is 7. The zero-order valence-corrected chi connectivity index (χ0v) is 24.1. The highest BCUT2D eigenvalue weighted by atomic mass is 32.2. The number of thioether (sulfide) groups is 1.